The van der Waals surface area contributed by atoms with Crippen LogP contribution in [-0.2, 0) is 16.1 Å². The van der Waals surface area contributed by atoms with Gasteiger partial charge in [0.1, 0.15) is 5.60 Å². The molecule has 1 saturated heterocycles. The molecule has 1 aromatic heterocycles. The van der Waals surface area contributed by atoms with Crippen molar-refractivity contribution in [3.63, 3.8) is 0 Å². The Labute approximate surface area is 140 Å². The molecule has 2 N–H and O–H groups in total. The minimum atomic E-state index is -0.887. The molecule has 1 fully saturated rings. The summed E-state index contributed by atoms with van der Waals surface area (Å²) in [5, 5.41) is 14.8. The van der Waals surface area contributed by atoms with Crippen molar-refractivity contribution in [2.75, 3.05) is 13.1 Å². The molecule has 1 amide bonds. The van der Waals surface area contributed by atoms with Gasteiger partial charge in [-0.25, -0.2) is 4.79 Å². The molecule has 0 spiro atoms. The summed E-state index contributed by atoms with van der Waals surface area (Å²) in [5.74, 6) is -1.52. The van der Waals surface area contributed by atoms with Gasteiger partial charge in [-0.2, -0.15) is 0 Å². The van der Waals surface area contributed by atoms with Crippen molar-refractivity contribution in [1.29, 1.82) is 0 Å². The van der Waals surface area contributed by atoms with E-state index in [0.29, 0.717) is 19.5 Å². The van der Waals surface area contributed by atoms with Crippen LogP contribution in [0.25, 0.3) is 0 Å². The van der Waals surface area contributed by atoms with Gasteiger partial charge >= 0.3 is 12.1 Å². The Hall–Kier alpha value is -1.60. The van der Waals surface area contributed by atoms with Gasteiger partial charge in [0.15, 0.2) is 0 Å². The fourth-order valence-electron chi connectivity index (χ4n) is 2.58. The third-order valence-corrected chi connectivity index (χ3v) is 4.58. The van der Waals surface area contributed by atoms with E-state index >= 15 is 0 Å². The molecule has 6 nitrogen and oxygen atoms in total. The lowest BCUT2D eigenvalue weighted by Gasteiger charge is -2.37. The second-order valence-corrected chi connectivity index (χ2v) is 7.76. The van der Waals surface area contributed by atoms with E-state index in [1.165, 1.54) is 9.78 Å². The Balaban J connectivity index is 1.94. The van der Waals surface area contributed by atoms with Crippen LogP contribution in [0.3, 0.4) is 0 Å². The molecule has 128 valence electrons. The first kappa shape index (κ1) is 17.7. The average Bonchev–Trinajstić information content (AvgIpc) is 2.96. The summed E-state index contributed by atoms with van der Waals surface area (Å²) in [6.45, 7) is 6.73. The van der Waals surface area contributed by atoms with E-state index in [1.807, 2.05) is 17.5 Å². The monoisotopic (exact) mass is 340 g/mol. The van der Waals surface area contributed by atoms with E-state index < -0.39 is 23.6 Å². The Kier molecular flexibility index (Phi) is 5.64. The van der Waals surface area contributed by atoms with Gasteiger partial charge in [-0.15, -0.1) is 11.3 Å². The zero-order valence-corrected chi connectivity index (χ0v) is 14.6. The summed E-state index contributed by atoms with van der Waals surface area (Å²) in [6, 6.07) is 3.85. The normalized spacial score (nSPS) is 22.0. The highest BCUT2D eigenvalue weighted by Gasteiger charge is 2.37. The molecule has 0 unspecified atom stereocenters. The van der Waals surface area contributed by atoms with Crippen LogP contribution in [0.2, 0.25) is 0 Å². The number of carboxylic acid groups (broad SMARTS) is 1. The van der Waals surface area contributed by atoms with Gasteiger partial charge in [0.25, 0.3) is 0 Å². The summed E-state index contributed by atoms with van der Waals surface area (Å²) < 4.78 is 5.33. The van der Waals surface area contributed by atoms with E-state index in [2.05, 4.69) is 5.32 Å². The highest BCUT2D eigenvalue weighted by Crippen LogP contribution is 2.21. The minimum Gasteiger partial charge on any atom is -0.481 e. The Morgan fingerprint density at radius 3 is 2.78 bits per heavy atom. The molecule has 0 saturated carbocycles. The molecule has 2 atom stereocenters. The fraction of sp³-hybridized carbons (Fsp3) is 0.625. The average molecular weight is 340 g/mol. The highest BCUT2D eigenvalue weighted by atomic mass is 32.1. The second kappa shape index (κ2) is 7.31. The zero-order valence-electron chi connectivity index (χ0n) is 13.7. The molecule has 1 aromatic rings. The van der Waals surface area contributed by atoms with Crippen molar-refractivity contribution in [2.24, 2.45) is 5.92 Å². The van der Waals surface area contributed by atoms with Crippen molar-refractivity contribution >= 4 is 23.4 Å². The number of likely N-dealkylation sites (tertiary alicyclic amines) is 1. The molecule has 1 aliphatic rings. The molecular weight excluding hydrogens is 316 g/mol. The maximum absolute atomic E-state index is 12.1. The largest absolute Gasteiger partial charge is 0.481 e. The topological polar surface area (TPSA) is 78.9 Å². The summed E-state index contributed by atoms with van der Waals surface area (Å²) in [6.07, 6.45) is 0.155. The number of carbonyl (C=O) groups excluding carboxylic acids is 1. The number of ether oxygens (including phenoxy) is 1. The third-order valence-electron chi connectivity index (χ3n) is 3.70. The van der Waals surface area contributed by atoms with Gasteiger partial charge in [0.05, 0.1) is 5.92 Å². The van der Waals surface area contributed by atoms with E-state index in [-0.39, 0.29) is 12.6 Å². The van der Waals surface area contributed by atoms with Gasteiger partial charge < -0.3 is 20.1 Å². The number of carboxylic acids is 1. The summed E-state index contributed by atoms with van der Waals surface area (Å²) >= 11 is 1.64. The van der Waals surface area contributed by atoms with Crippen LogP contribution in [0, 0.1) is 5.92 Å². The highest BCUT2D eigenvalue weighted by molar-refractivity contribution is 7.09. The predicted octanol–water partition coefficient (Wildman–Crippen LogP) is 2.55. The number of carbonyl (C=O) groups is 2. The number of amides is 1. The van der Waals surface area contributed by atoms with Crippen LogP contribution in [-0.4, -0.2) is 46.8 Å². The predicted molar refractivity (Wildman–Crippen MR) is 88.5 cm³/mol. The van der Waals surface area contributed by atoms with Crippen molar-refractivity contribution in [3.05, 3.63) is 22.4 Å². The van der Waals surface area contributed by atoms with Crippen molar-refractivity contribution in [3.8, 4) is 0 Å². The molecule has 1 aliphatic heterocycles. The van der Waals surface area contributed by atoms with Gasteiger partial charge in [-0.3, -0.25) is 4.79 Å². The number of nitrogens with one attached hydrogen (secondary N) is 1. The number of hydrogen-bond donors (Lipinski definition) is 2. The quantitative estimate of drug-likeness (QED) is 0.880. The molecule has 23 heavy (non-hydrogen) atoms. The van der Waals surface area contributed by atoms with E-state index in [0.717, 1.165) is 0 Å². The molecule has 2 rings (SSSR count). The number of nitrogens with zero attached hydrogens (tertiary/aromatic N) is 1. The van der Waals surface area contributed by atoms with Gasteiger partial charge in [-0.1, -0.05) is 6.07 Å². The summed E-state index contributed by atoms with van der Waals surface area (Å²) in [5.41, 5.74) is -0.579. The van der Waals surface area contributed by atoms with E-state index in [1.54, 1.807) is 32.1 Å². The number of thiophene rings is 1. The molecule has 7 heteroatoms. The SMILES string of the molecule is CC(C)(C)OC(=O)N1CC[C@H](NCc2cccs2)[C@@H](C(=O)O)C1. The molecule has 2 heterocycles. The lowest BCUT2D eigenvalue weighted by atomic mass is 9.92. The lowest BCUT2D eigenvalue weighted by molar-refractivity contribution is -0.144. The van der Waals surface area contributed by atoms with Gasteiger partial charge in [0.2, 0.25) is 0 Å². The summed E-state index contributed by atoms with van der Waals surface area (Å²) in [4.78, 5) is 26.4. The molecule has 0 bridgehead atoms. The van der Waals surface area contributed by atoms with Crippen LogP contribution in [0.1, 0.15) is 32.1 Å². The number of aliphatic carboxylic acids is 1. The maximum atomic E-state index is 12.1. The van der Waals surface area contributed by atoms with Crippen molar-refractivity contribution in [1.82, 2.24) is 10.2 Å². The standard InChI is InChI=1S/C16H24N2O4S/c1-16(2,3)22-15(21)18-7-6-13(12(10-18)14(19)20)17-9-11-5-4-8-23-11/h4-5,8,12-13,17H,6-7,9-10H2,1-3H3,(H,19,20)/t12-,13-/m0/s1. The third kappa shape index (κ3) is 5.21. The van der Waals surface area contributed by atoms with Crippen LogP contribution in [0.15, 0.2) is 17.5 Å². The Morgan fingerprint density at radius 2 is 2.22 bits per heavy atom. The van der Waals surface area contributed by atoms with Gasteiger partial charge in [0, 0.05) is 30.6 Å². The van der Waals surface area contributed by atoms with Crippen LogP contribution in [0.5, 0.6) is 0 Å². The zero-order chi connectivity index (χ0) is 17.0. The second-order valence-electron chi connectivity index (χ2n) is 6.73. The van der Waals surface area contributed by atoms with Crippen LogP contribution < -0.4 is 5.32 Å². The van der Waals surface area contributed by atoms with Crippen LogP contribution >= 0.6 is 11.3 Å². The first-order valence-electron chi connectivity index (χ1n) is 7.73. The Bertz CT molecular complexity index is 539. The fourth-order valence-corrected chi connectivity index (χ4v) is 3.24. The maximum Gasteiger partial charge on any atom is 0.410 e. The molecule has 0 aromatic carbocycles. The summed E-state index contributed by atoms with van der Waals surface area (Å²) in [7, 11) is 0. The smallest absolute Gasteiger partial charge is 0.410 e. The number of hydrogen-bond acceptors (Lipinski definition) is 5. The lowest BCUT2D eigenvalue weighted by Crippen LogP contribution is -2.54. The molecular formula is C16H24N2O4S. The first-order chi connectivity index (χ1) is 10.8. The van der Waals surface area contributed by atoms with Crippen LogP contribution in [0.4, 0.5) is 4.79 Å². The Morgan fingerprint density at radius 1 is 1.48 bits per heavy atom. The van der Waals surface area contributed by atoms with Crippen molar-refractivity contribution < 1.29 is 19.4 Å². The molecule has 0 radical (unpaired) electrons. The molecule has 0 aliphatic carbocycles. The minimum absolute atomic E-state index is 0.145. The number of piperidine rings is 1. The van der Waals surface area contributed by atoms with Crippen molar-refractivity contribution in [2.45, 2.75) is 45.4 Å². The number of rotatable bonds is 4. The first-order valence-corrected chi connectivity index (χ1v) is 8.61. The van der Waals surface area contributed by atoms with Gasteiger partial charge in [-0.05, 0) is 38.6 Å². The van der Waals surface area contributed by atoms with E-state index in [4.69, 9.17) is 4.74 Å². The van der Waals surface area contributed by atoms with E-state index in [9.17, 15) is 14.7 Å².